The van der Waals surface area contributed by atoms with E-state index in [-0.39, 0.29) is 29.5 Å². The van der Waals surface area contributed by atoms with Gasteiger partial charge in [0, 0.05) is 23.9 Å². The van der Waals surface area contributed by atoms with Crippen LogP contribution in [-0.4, -0.2) is 26.2 Å². The molecule has 33 heavy (non-hydrogen) atoms. The van der Waals surface area contributed by atoms with E-state index in [4.69, 9.17) is 4.74 Å². The molecule has 7 nitrogen and oxygen atoms in total. The van der Waals surface area contributed by atoms with Crippen LogP contribution in [0.1, 0.15) is 56.6 Å². The molecule has 172 valence electrons. The van der Waals surface area contributed by atoms with Crippen molar-refractivity contribution in [1.29, 1.82) is 0 Å². The van der Waals surface area contributed by atoms with Gasteiger partial charge in [-0.05, 0) is 50.5 Å². The SMILES string of the molecule is C=CC(C)(C)[C@]1(Cc2nc(O)c3n(c2=O)CCC3)C(=O)Nc2c1ccc1c2C=CC(C)(C)O1. The number of nitrogens with one attached hydrogen (secondary N) is 1. The second kappa shape index (κ2) is 6.83. The summed E-state index contributed by atoms with van der Waals surface area (Å²) in [5, 5.41) is 13.6. The predicted molar refractivity (Wildman–Crippen MR) is 127 cm³/mol. The largest absolute Gasteiger partial charge is 0.492 e. The van der Waals surface area contributed by atoms with Gasteiger partial charge >= 0.3 is 0 Å². The number of carbonyl (C=O) groups excluding carboxylic acids is 1. The third-order valence-corrected chi connectivity index (χ3v) is 7.47. The summed E-state index contributed by atoms with van der Waals surface area (Å²) in [6.07, 6.45) is 7.15. The van der Waals surface area contributed by atoms with Crippen LogP contribution in [0.2, 0.25) is 0 Å². The summed E-state index contributed by atoms with van der Waals surface area (Å²) in [7, 11) is 0. The molecule has 4 heterocycles. The molecule has 3 aliphatic heterocycles. The maximum Gasteiger partial charge on any atom is 0.272 e. The van der Waals surface area contributed by atoms with Gasteiger partial charge in [0.1, 0.15) is 17.0 Å². The first-order valence-electron chi connectivity index (χ1n) is 11.3. The number of rotatable bonds is 4. The van der Waals surface area contributed by atoms with Gasteiger partial charge in [-0.1, -0.05) is 26.0 Å². The Morgan fingerprint density at radius 1 is 1.33 bits per heavy atom. The molecule has 0 saturated carbocycles. The normalized spacial score (nSPS) is 22.2. The van der Waals surface area contributed by atoms with Crippen molar-refractivity contribution in [3.05, 3.63) is 63.7 Å². The van der Waals surface area contributed by atoms with Crippen molar-refractivity contribution in [3.8, 4) is 11.6 Å². The Labute approximate surface area is 192 Å². The first-order chi connectivity index (χ1) is 15.5. The highest BCUT2D eigenvalue weighted by atomic mass is 16.5. The zero-order valence-corrected chi connectivity index (χ0v) is 19.5. The standard InChI is InChI=1S/C26H29N3O4/c1-6-24(2,3)26(14-17-22(31)29-13-7-8-18(29)21(30)27-17)16-9-10-19-15(20(16)28-23(26)32)11-12-25(4,5)33-19/h6,9-12,30H,1,7-8,13-14H2,2-5H3,(H,28,32)/t26-/m0/s1. The third-order valence-electron chi connectivity index (χ3n) is 7.47. The van der Waals surface area contributed by atoms with Crippen molar-refractivity contribution in [2.24, 2.45) is 5.41 Å². The van der Waals surface area contributed by atoms with Gasteiger partial charge in [0.15, 0.2) is 0 Å². The number of fused-ring (bicyclic) bond motifs is 4. The highest BCUT2D eigenvalue weighted by Gasteiger charge is 2.57. The van der Waals surface area contributed by atoms with Crippen LogP contribution in [-0.2, 0) is 29.6 Å². The Morgan fingerprint density at radius 2 is 2.09 bits per heavy atom. The van der Waals surface area contributed by atoms with Gasteiger partial charge < -0.3 is 19.7 Å². The minimum atomic E-state index is -1.13. The summed E-state index contributed by atoms with van der Waals surface area (Å²) in [6.45, 7) is 12.4. The second-order valence-electron chi connectivity index (χ2n) is 10.3. The number of allylic oxidation sites excluding steroid dienone is 1. The Balaban J connectivity index is 1.72. The highest BCUT2D eigenvalue weighted by molar-refractivity contribution is 6.09. The van der Waals surface area contributed by atoms with E-state index in [0.29, 0.717) is 30.1 Å². The van der Waals surface area contributed by atoms with Gasteiger partial charge in [-0.2, -0.15) is 0 Å². The number of hydrogen-bond donors (Lipinski definition) is 2. The minimum Gasteiger partial charge on any atom is -0.492 e. The van der Waals surface area contributed by atoms with Crippen LogP contribution in [0.4, 0.5) is 5.69 Å². The number of aromatic hydroxyl groups is 1. The lowest BCUT2D eigenvalue weighted by Crippen LogP contribution is -2.49. The van der Waals surface area contributed by atoms with E-state index in [9.17, 15) is 14.7 Å². The van der Waals surface area contributed by atoms with Crippen molar-refractivity contribution < 1.29 is 14.6 Å². The van der Waals surface area contributed by atoms with Gasteiger partial charge in [0.2, 0.25) is 11.8 Å². The topological polar surface area (TPSA) is 93.5 Å². The van der Waals surface area contributed by atoms with Gasteiger partial charge in [0.25, 0.3) is 5.56 Å². The first-order valence-corrected chi connectivity index (χ1v) is 11.3. The lowest BCUT2D eigenvalue weighted by molar-refractivity contribution is -0.123. The molecule has 2 N–H and O–H groups in total. The van der Waals surface area contributed by atoms with Crippen LogP contribution in [0.25, 0.3) is 6.08 Å². The summed E-state index contributed by atoms with van der Waals surface area (Å²) in [5.41, 5.74) is 0.473. The molecule has 0 unspecified atom stereocenters. The fourth-order valence-electron chi connectivity index (χ4n) is 5.40. The molecule has 2 aromatic rings. The number of amides is 1. The molecule has 0 radical (unpaired) electrons. The quantitative estimate of drug-likeness (QED) is 0.697. The lowest BCUT2D eigenvalue weighted by Gasteiger charge is -2.40. The molecule has 0 saturated heterocycles. The van der Waals surface area contributed by atoms with E-state index in [0.717, 1.165) is 17.5 Å². The van der Waals surface area contributed by atoms with Crippen LogP contribution in [0.5, 0.6) is 11.6 Å². The van der Waals surface area contributed by atoms with Crippen LogP contribution in [0.3, 0.4) is 0 Å². The average Bonchev–Trinajstić information content (AvgIpc) is 3.35. The number of aromatic nitrogens is 2. The van der Waals surface area contributed by atoms with Crippen molar-refractivity contribution in [2.75, 3.05) is 5.32 Å². The van der Waals surface area contributed by atoms with E-state index in [1.807, 2.05) is 52.0 Å². The Morgan fingerprint density at radius 3 is 2.82 bits per heavy atom. The molecular weight excluding hydrogens is 418 g/mol. The average molecular weight is 448 g/mol. The summed E-state index contributed by atoms with van der Waals surface area (Å²) in [6, 6.07) is 3.78. The Hall–Kier alpha value is -3.35. The first kappa shape index (κ1) is 21.5. The number of ether oxygens (including phenoxy) is 1. The zero-order valence-electron chi connectivity index (χ0n) is 19.5. The number of benzene rings is 1. The van der Waals surface area contributed by atoms with E-state index in [1.165, 1.54) is 0 Å². The molecule has 0 fully saturated rings. The smallest absolute Gasteiger partial charge is 0.272 e. The molecule has 0 spiro atoms. The monoisotopic (exact) mass is 447 g/mol. The number of anilines is 1. The van der Waals surface area contributed by atoms with Gasteiger partial charge in [-0.25, -0.2) is 4.98 Å². The molecule has 0 aliphatic carbocycles. The fourth-order valence-corrected chi connectivity index (χ4v) is 5.40. The van der Waals surface area contributed by atoms with Crippen molar-refractivity contribution in [1.82, 2.24) is 9.55 Å². The van der Waals surface area contributed by atoms with E-state index >= 15 is 0 Å². The van der Waals surface area contributed by atoms with E-state index in [1.54, 1.807) is 10.6 Å². The molecule has 1 aromatic carbocycles. The molecular formula is C26H29N3O4. The Kier molecular flexibility index (Phi) is 4.45. The molecule has 1 amide bonds. The van der Waals surface area contributed by atoms with Crippen LogP contribution in [0, 0.1) is 5.41 Å². The molecule has 3 aliphatic rings. The Bertz CT molecular complexity index is 1300. The lowest BCUT2D eigenvalue weighted by atomic mass is 9.60. The van der Waals surface area contributed by atoms with Crippen molar-refractivity contribution >= 4 is 17.7 Å². The minimum absolute atomic E-state index is 0.0480. The van der Waals surface area contributed by atoms with Gasteiger partial charge in [0.05, 0.1) is 16.8 Å². The maximum absolute atomic E-state index is 13.8. The van der Waals surface area contributed by atoms with Gasteiger partial charge in [-0.3, -0.25) is 9.59 Å². The fraction of sp³-hybridized carbons (Fsp3) is 0.423. The third kappa shape index (κ3) is 2.91. The van der Waals surface area contributed by atoms with Crippen molar-refractivity contribution in [2.45, 2.75) is 64.5 Å². The predicted octanol–water partition coefficient (Wildman–Crippen LogP) is 3.72. The summed E-state index contributed by atoms with van der Waals surface area (Å²) < 4.78 is 7.70. The summed E-state index contributed by atoms with van der Waals surface area (Å²) in [5.74, 6) is 0.346. The summed E-state index contributed by atoms with van der Waals surface area (Å²) in [4.78, 5) is 31.3. The van der Waals surface area contributed by atoms with E-state index in [2.05, 4.69) is 16.9 Å². The van der Waals surface area contributed by atoms with E-state index < -0.39 is 16.4 Å². The van der Waals surface area contributed by atoms with Crippen LogP contribution in [0.15, 0.2) is 35.7 Å². The van der Waals surface area contributed by atoms with Crippen molar-refractivity contribution in [3.63, 3.8) is 0 Å². The molecule has 7 heteroatoms. The highest BCUT2D eigenvalue weighted by Crippen LogP contribution is 2.54. The summed E-state index contributed by atoms with van der Waals surface area (Å²) >= 11 is 0. The number of nitrogens with zero attached hydrogens (tertiary/aromatic N) is 2. The molecule has 0 bridgehead atoms. The van der Waals surface area contributed by atoms with Crippen LogP contribution < -0.4 is 15.6 Å². The zero-order chi connectivity index (χ0) is 23.8. The molecule has 1 atom stereocenters. The van der Waals surface area contributed by atoms with Crippen LogP contribution >= 0.6 is 0 Å². The number of hydrogen-bond acceptors (Lipinski definition) is 5. The molecule has 1 aromatic heterocycles. The molecule has 5 rings (SSSR count). The maximum atomic E-state index is 13.8. The van der Waals surface area contributed by atoms with Gasteiger partial charge in [-0.15, -0.1) is 6.58 Å². The number of carbonyl (C=O) groups is 1. The second-order valence-corrected chi connectivity index (χ2v) is 10.3.